The average molecular weight is 571 g/mol. The van der Waals surface area contributed by atoms with E-state index in [9.17, 15) is 4.79 Å². The van der Waals surface area contributed by atoms with Crippen molar-refractivity contribution in [2.75, 3.05) is 24.8 Å². The zero-order chi connectivity index (χ0) is 25.7. The van der Waals surface area contributed by atoms with Crippen LogP contribution in [0.3, 0.4) is 0 Å². The van der Waals surface area contributed by atoms with E-state index in [0.29, 0.717) is 40.5 Å². The molecule has 188 valence electrons. The van der Waals surface area contributed by atoms with Gasteiger partial charge in [0.15, 0.2) is 11.5 Å². The molecule has 2 aromatic carbocycles. The fourth-order valence-electron chi connectivity index (χ4n) is 3.87. The Morgan fingerprint density at radius 2 is 2.11 bits per heavy atom. The topological polar surface area (TPSA) is 87.5 Å². The number of rotatable bonds is 10. The van der Waals surface area contributed by atoms with E-state index in [2.05, 4.69) is 37.9 Å². The number of esters is 1. The maximum atomic E-state index is 13.1. The highest BCUT2D eigenvalue weighted by Gasteiger charge is 2.35. The van der Waals surface area contributed by atoms with Gasteiger partial charge in [0, 0.05) is 10.2 Å². The molecule has 1 aliphatic rings. The van der Waals surface area contributed by atoms with Crippen LogP contribution in [0.2, 0.25) is 0 Å². The minimum absolute atomic E-state index is 0.106. The number of hydrogen-bond acceptors (Lipinski definition) is 8. The number of carbonyl (C=O) groups excluding carboxylic acids is 1. The van der Waals surface area contributed by atoms with Crippen LogP contribution in [0.15, 0.2) is 76.0 Å². The van der Waals surface area contributed by atoms with Gasteiger partial charge >= 0.3 is 5.97 Å². The monoisotopic (exact) mass is 570 g/mol. The van der Waals surface area contributed by atoms with E-state index in [1.165, 1.54) is 17.8 Å². The number of carbonyl (C=O) groups is 1. The molecule has 1 aromatic heterocycles. The first kappa shape index (κ1) is 25.8. The van der Waals surface area contributed by atoms with Gasteiger partial charge in [-0.2, -0.15) is 4.98 Å². The molecule has 0 aliphatic carbocycles. The SMILES string of the molecule is C=CCOC(=O)C1=C(C)Nc2nc(SCC)nn2C1c1ccc(OCc2cccc(Br)c2)c(OC)c1. The predicted molar refractivity (Wildman–Crippen MR) is 144 cm³/mol. The normalized spacial score (nSPS) is 14.6. The van der Waals surface area contributed by atoms with Gasteiger partial charge in [-0.25, -0.2) is 9.48 Å². The molecule has 1 N–H and O–H groups in total. The quantitative estimate of drug-likeness (QED) is 0.187. The second kappa shape index (κ2) is 11.7. The number of nitrogens with one attached hydrogen (secondary N) is 1. The van der Waals surface area contributed by atoms with Gasteiger partial charge in [-0.05, 0) is 48.1 Å². The number of benzene rings is 2. The summed E-state index contributed by atoms with van der Waals surface area (Å²) in [6.45, 7) is 7.99. The van der Waals surface area contributed by atoms with Gasteiger partial charge < -0.3 is 19.5 Å². The summed E-state index contributed by atoms with van der Waals surface area (Å²) >= 11 is 5.01. The summed E-state index contributed by atoms with van der Waals surface area (Å²) in [5, 5.41) is 8.50. The number of hydrogen-bond donors (Lipinski definition) is 1. The third-order valence-electron chi connectivity index (χ3n) is 5.45. The number of allylic oxidation sites excluding steroid dienone is 1. The molecule has 1 aliphatic heterocycles. The van der Waals surface area contributed by atoms with Gasteiger partial charge in [0.1, 0.15) is 19.3 Å². The van der Waals surface area contributed by atoms with Crippen LogP contribution in [0.5, 0.6) is 11.5 Å². The predicted octanol–water partition coefficient (Wildman–Crippen LogP) is 5.76. The third kappa shape index (κ3) is 5.60. The number of anilines is 1. The van der Waals surface area contributed by atoms with E-state index in [0.717, 1.165) is 21.4 Å². The highest BCUT2D eigenvalue weighted by molar-refractivity contribution is 9.10. The van der Waals surface area contributed by atoms with Crippen molar-refractivity contribution in [2.45, 2.75) is 31.7 Å². The molecule has 0 bridgehead atoms. The van der Waals surface area contributed by atoms with Crippen molar-refractivity contribution in [3.8, 4) is 11.5 Å². The molecule has 0 saturated heterocycles. The number of thioether (sulfide) groups is 1. The van der Waals surface area contributed by atoms with E-state index in [1.54, 1.807) is 11.8 Å². The Kier molecular flexibility index (Phi) is 8.37. The summed E-state index contributed by atoms with van der Waals surface area (Å²) < 4.78 is 19.8. The van der Waals surface area contributed by atoms with Gasteiger partial charge in [-0.1, -0.05) is 65.5 Å². The maximum Gasteiger partial charge on any atom is 0.338 e. The molecule has 2 heterocycles. The highest BCUT2D eigenvalue weighted by Crippen LogP contribution is 2.40. The number of aromatic nitrogens is 3. The molecule has 1 atom stereocenters. The second-order valence-electron chi connectivity index (χ2n) is 7.88. The van der Waals surface area contributed by atoms with Gasteiger partial charge in [-0.3, -0.25) is 0 Å². The molecule has 0 saturated carbocycles. The van der Waals surface area contributed by atoms with E-state index < -0.39 is 12.0 Å². The molecule has 0 radical (unpaired) electrons. The summed E-state index contributed by atoms with van der Waals surface area (Å²) in [7, 11) is 1.59. The second-order valence-corrected chi connectivity index (χ2v) is 10.0. The molecule has 0 amide bonds. The van der Waals surface area contributed by atoms with Crippen LogP contribution in [0.25, 0.3) is 0 Å². The maximum absolute atomic E-state index is 13.1. The summed E-state index contributed by atoms with van der Waals surface area (Å²) in [5.41, 5.74) is 2.89. The van der Waals surface area contributed by atoms with Gasteiger partial charge in [0.05, 0.1) is 12.7 Å². The molecule has 3 aromatic rings. The number of ether oxygens (including phenoxy) is 3. The standard InChI is InChI=1S/C26H27BrN4O4S/c1-5-12-34-24(32)22-16(3)28-25-29-26(36-6-2)30-31(25)23(22)18-10-11-20(21(14-18)33-4)35-15-17-8-7-9-19(27)13-17/h5,7-11,13-14,23H,1,6,12,15H2,2-4H3,(H,28,29,30). The fourth-order valence-corrected chi connectivity index (χ4v) is 4.87. The average Bonchev–Trinajstić information content (AvgIpc) is 3.27. The van der Waals surface area contributed by atoms with Gasteiger partial charge in [0.2, 0.25) is 11.1 Å². The molecule has 1 unspecified atom stereocenters. The molecule has 0 fully saturated rings. The largest absolute Gasteiger partial charge is 0.493 e. The zero-order valence-corrected chi connectivity index (χ0v) is 22.7. The van der Waals surface area contributed by atoms with Gasteiger partial charge in [0.25, 0.3) is 0 Å². The Bertz CT molecular complexity index is 1310. The summed E-state index contributed by atoms with van der Waals surface area (Å²) in [4.78, 5) is 17.7. The van der Waals surface area contributed by atoms with Crippen molar-refractivity contribution in [2.24, 2.45) is 0 Å². The minimum atomic E-state index is -0.565. The van der Waals surface area contributed by atoms with Crippen molar-refractivity contribution in [3.05, 3.63) is 82.0 Å². The van der Waals surface area contributed by atoms with Crippen LogP contribution in [0.1, 0.15) is 31.0 Å². The first-order valence-electron chi connectivity index (χ1n) is 11.4. The molecule has 4 rings (SSSR count). The van der Waals surface area contributed by atoms with Crippen LogP contribution in [-0.4, -0.2) is 40.2 Å². The Hall–Kier alpha value is -3.24. The molecule has 36 heavy (non-hydrogen) atoms. The van der Waals surface area contributed by atoms with Crippen LogP contribution in [-0.2, 0) is 16.1 Å². The lowest BCUT2D eigenvalue weighted by molar-refractivity contribution is -0.138. The van der Waals surface area contributed by atoms with E-state index in [1.807, 2.05) is 56.3 Å². The van der Waals surface area contributed by atoms with Crippen LogP contribution in [0.4, 0.5) is 5.95 Å². The van der Waals surface area contributed by atoms with Crippen LogP contribution < -0.4 is 14.8 Å². The van der Waals surface area contributed by atoms with Crippen molar-refractivity contribution >= 4 is 39.6 Å². The van der Waals surface area contributed by atoms with Crippen molar-refractivity contribution in [1.29, 1.82) is 0 Å². The Morgan fingerprint density at radius 3 is 2.83 bits per heavy atom. The fraction of sp³-hybridized carbons (Fsp3) is 0.269. The smallest absolute Gasteiger partial charge is 0.338 e. The first-order chi connectivity index (χ1) is 17.4. The number of nitrogens with zero attached hydrogens (tertiary/aromatic N) is 3. The van der Waals surface area contributed by atoms with E-state index in [4.69, 9.17) is 14.2 Å². The summed E-state index contributed by atoms with van der Waals surface area (Å²) in [6, 6.07) is 13.0. The van der Waals surface area contributed by atoms with E-state index in [-0.39, 0.29) is 6.61 Å². The molecule has 8 nitrogen and oxygen atoms in total. The lowest BCUT2D eigenvalue weighted by atomic mass is 9.95. The lowest BCUT2D eigenvalue weighted by Crippen LogP contribution is -2.29. The van der Waals surface area contributed by atoms with Crippen LogP contribution >= 0.6 is 27.7 Å². The lowest BCUT2D eigenvalue weighted by Gasteiger charge is -2.28. The molecule has 10 heteroatoms. The van der Waals surface area contributed by atoms with E-state index >= 15 is 0 Å². The molecule has 0 spiro atoms. The summed E-state index contributed by atoms with van der Waals surface area (Å²) in [6.07, 6.45) is 1.54. The van der Waals surface area contributed by atoms with Gasteiger partial charge in [-0.15, -0.1) is 5.10 Å². The number of methoxy groups -OCH3 is 1. The molecular weight excluding hydrogens is 544 g/mol. The van der Waals surface area contributed by atoms with Crippen molar-refractivity contribution in [3.63, 3.8) is 0 Å². The van der Waals surface area contributed by atoms with Crippen LogP contribution in [0, 0.1) is 0 Å². The minimum Gasteiger partial charge on any atom is -0.493 e. The Morgan fingerprint density at radius 1 is 1.28 bits per heavy atom. The highest BCUT2D eigenvalue weighted by atomic mass is 79.9. The first-order valence-corrected chi connectivity index (χ1v) is 13.1. The number of halogens is 1. The number of fused-ring (bicyclic) bond motifs is 1. The third-order valence-corrected chi connectivity index (χ3v) is 6.66. The van der Waals surface area contributed by atoms with Crippen molar-refractivity contribution < 1.29 is 19.0 Å². The Balaban J connectivity index is 1.71. The molecular formula is C26H27BrN4O4S. The zero-order valence-electron chi connectivity index (χ0n) is 20.3. The Labute approximate surface area is 222 Å². The van der Waals surface area contributed by atoms with Crippen molar-refractivity contribution in [1.82, 2.24) is 14.8 Å². The summed E-state index contributed by atoms with van der Waals surface area (Å²) in [5.74, 6) is 2.06.